The fraction of sp³-hybridized carbons (Fsp3) is 0.133. The Morgan fingerprint density at radius 1 is 1.12 bits per heavy atom. The van der Waals surface area contributed by atoms with E-state index in [0.717, 1.165) is 4.31 Å². The molecule has 1 heterocycles. The van der Waals surface area contributed by atoms with E-state index >= 15 is 0 Å². The van der Waals surface area contributed by atoms with Crippen LogP contribution >= 0.6 is 22.6 Å². The van der Waals surface area contributed by atoms with Gasteiger partial charge in [0.05, 0.1) is 16.0 Å². The van der Waals surface area contributed by atoms with Gasteiger partial charge in [0.1, 0.15) is 0 Å². The lowest BCUT2D eigenvalue weighted by atomic mass is 10.2. The van der Waals surface area contributed by atoms with Gasteiger partial charge >= 0.3 is 0 Å². The second-order valence-corrected chi connectivity index (χ2v) is 8.39. The van der Waals surface area contributed by atoms with Crippen LogP contribution in [0.25, 0.3) is 0 Å². The third-order valence-electron chi connectivity index (χ3n) is 3.17. The minimum atomic E-state index is -3.67. The molecule has 0 radical (unpaired) electrons. The summed E-state index contributed by atoms with van der Waals surface area (Å²) in [5, 5.41) is 0. The molecule has 0 spiro atoms. The second-order valence-electron chi connectivity index (χ2n) is 5.08. The van der Waals surface area contributed by atoms with Crippen molar-refractivity contribution in [1.82, 2.24) is 20.1 Å². The van der Waals surface area contributed by atoms with Crippen LogP contribution in [-0.2, 0) is 10.0 Å². The summed E-state index contributed by atoms with van der Waals surface area (Å²) >= 11 is 1.91. The summed E-state index contributed by atoms with van der Waals surface area (Å²) < 4.78 is 26.0. The molecule has 132 valence electrons. The van der Waals surface area contributed by atoms with Crippen LogP contribution in [0, 0.1) is 3.57 Å². The fourth-order valence-electron chi connectivity index (χ4n) is 1.80. The van der Waals surface area contributed by atoms with Gasteiger partial charge in [-0.2, -0.15) is 0 Å². The predicted octanol–water partition coefficient (Wildman–Crippen LogP) is 1.01. The van der Waals surface area contributed by atoms with E-state index in [1.807, 2.05) is 22.6 Å². The van der Waals surface area contributed by atoms with Gasteiger partial charge in [-0.25, -0.2) is 12.7 Å². The minimum absolute atomic E-state index is 0.0124. The van der Waals surface area contributed by atoms with Crippen LogP contribution in [0.2, 0.25) is 0 Å². The molecule has 0 unspecified atom stereocenters. The molecule has 8 nitrogen and oxygen atoms in total. The third kappa shape index (κ3) is 4.52. The average Bonchev–Trinajstić information content (AvgIpc) is 2.60. The molecule has 2 aromatic rings. The van der Waals surface area contributed by atoms with Gasteiger partial charge in [-0.15, -0.1) is 0 Å². The smallest absolute Gasteiger partial charge is 0.267 e. The van der Waals surface area contributed by atoms with E-state index < -0.39 is 21.8 Å². The molecule has 0 saturated heterocycles. The van der Waals surface area contributed by atoms with Crippen molar-refractivity contribution in [3.05, 3.63) is 57.4 Å². The average molecular weight is 474 g/mol. The van der Waals surface area contributed by atoms with Crippen LogP contribution in [0.3, 0.4) is 0 Å². The van der Waals surface area contributed by atoms with E-state index in [-0.39, 0.29) is 16.0 Å². The van der Waals surface area contributed by atoms with Crippen molar-refractivity contribution < 1.29 is 18.0 Å². The van der Waals surface area contributed by atoms with Crippen molar-refractivity contribution in [1.29, 1.82) is 0 Å². The molecule has 1 aromatic carbocycles. The number of hydrazine groups is 1. The Morgan fingerprint density at radius 2 is 1.80 bits per heavy atom. The number of sulfonamides is 1. The highest BCUT2D eigenvalue weighted by Gasteiger charge is 2.21. The van der Waals surface area contributed by atoms with Crippen LogP contribution in [0.15, 0.2) is 47.6 Å². The van der Waals surface area contributed by atoms with Crippen LogP contribution in [0.4, 0.5) is 0 Å². The topological polar surface area (TPSA) is 108 Å². The highest BCUT2D eigenvalue weighted by molar-refractivity contribution is 14.1. The zero-order valence-corrected chi connectivity index (χ0v) is 16.3. The van der Waals surface area contributed by atoms with E-state index in [2.05, 4.69) is 15.8 Å². The molecular weight excluding hydrogens is 459 g/mol. The number of nitrogens with one attached hydrogen (secondary N) is 2. The van der Waals surface area contributed by atoms with E-state index in [1.165, 1.54) is 44.7 Å². The molecule has 0 fully saturated rings. The van der Waals surface area contributed by atoms with Crippen LogP contribution in [-0.4, -0.2) is 43.6 Å². The zero-order chi connectivity index (χ0) is 18.6. The summed E-state index contributed by atoms with van der Waals surface area (Å²) in [6, 6.07) is 7.34. The highest BCUT2D eigenvalue weighted by atomic mass is 127. The van der Waals surface area contributed by atoms with E-state index in [1.54, 1.807) is 12.1 Å². The lowest BCUT2D eigenvalue weighted by molar-refractivity contribution is 0.0846. The van der Waals surface area contributed by atoms with Crippen molar-refractivity contribution in [3.8, 4) is 0 Å². The maximum atomic E-state index is 12.3. The van der Waals surface area contributed by atoms with Crippen molar-refractivity contribution in [3.63, 3.8) is 0 Å². The molecule has 0 aliphatic carbocycles. The normalized spacial score (nSPS) is 11.2. The number of hydrogen-bond donors (Lipinski definition) is 2. The molecule has 2 rings (SSSR count). The van der Waals surface area contributed by atoms with Crippen LogP contribution in [0.1, 0.15) is 20.7 Å². The first kappa shape index (κ1) is 19.3. The monoisotopic (exact) mass is 474 g/mol. The summed E-state index contributed by atoms with van der Waals surface area (Å²) in [6.07, 6.45) is 2.88. The lowest BCUT2D eigenvalue weighted by Gasteiger charge is -2.13. The number of hydrogen-bond acceptors (Lipinski definition) is 5. The van der Waals surface area contributed by atoms with Crippen molar-refractivity contribution in [2.45, 2.75) is 4.90 Å². The first-order valence-corrected chi connectivity index (χ1v) is 9.48. The number of aromatic nitrogens is 1. The molecule has 1 aromatic heterocycles. The molecule has 10 heteroatoms. The minimum Gasteiger partial charge on any atom is -0.267 e. The summed E-state index contributed by atoms with van der Waals surface area (Å²) in [5.74, 6) is -1.16. The predicted molar refractivity (Wildman–Crippen MR) is 99.2 cm³/mol. The Kier molecular flexibility index (Phi) is 6.08. The summed E-state index contributed by atoms with van der Waals surface area (Å²) in [7, 11) is -0.862. The molecule has 2 amide bonds. The Hall–Kier alpha value is -2.05. The molecule has 25 heavy (non-hydrogen) atoms. The molecule has 0 atom stereocenters. The van der Waals surface area contributed by atoms with Gasteiger partial charge in [-0.3, -0.25) is 25.4 Å². The fourth-order valence-corrected chi connectivity index (χ4v) is 3.31. The number of pyridine rings is 1. The zero-order valence-electron chi connectivity index (χ0n) is 13.4. The van der Waals surface area contributed by atoms with Gasteiger partial charge in [0.2, 0.25) is 10.0 Å². The SMILES string of the molecule is CN(C)S(=O)(=O)c1ccc(I)c(C(=O)NNC(=O)c2cccnc2)c1. The van der Waals surface area contributed by atoms with Gasteiger partial charge < -0.3 is 0 Å². The number of amides is 2. The number of benzene rings is 1. The maximum Gasteiger partial charge on any atom is 0.271 e. The first-order valence-electron chi connectivity index (χ1n) is 6.96. The quantitative estimate of drug-likeness (QED) is 0.508. The molecule has 0 aliphatic heterocycles. The summed E-state index contributed by atoms with van der Waals surface area (Å²) in [5.41, 5.74) is 4.94. The Bertz CT molecular complexity index is 901. The Morgan fingerprint density at radius 3 is 2.40 bits per heavy atom. The van der Waals surface area contributed by atoms with Gasteiger partial charge in [0.15, 0.2) is 0 Å². The molecule has 0 saturated carbocycles. The number of rotatable bonds is 4. The van der Waals surface area contributed by atoms with Crippen LogP contribution < -0.4 is 10.9 Å². The van der Waals surface area contributed by atoms with E-state index in [0.29, 0.717) is 3.57 Å². The lowest BCUT2D eigenvalue weighted by Crippen LogP contribution is -2.42. The van der Waals surface area contributed by atoms with E-state index in [4.69, 9.17) is 0 Å². The summed E-state index contributed by atoms with van der Waals surface area (Å²) in [4.78, 5) is 28.0. The molecule has 0 bridgehead atoms. The van der Waals surface area contributed by atoms with Crippen LogP contribution in [0.5, 0.6) is 0 Å². The van der Waals surface area contributed by atoms with Gasteiger partial charge in [0, 0.05) is 30.1 Å². The van der Waals surface area contributed by atoms with Crippen molar-refractivity contribution in [2.75, 3.05) is 14.1 Å². The second kappa shape index (κ2) is 7.89. The van der Waals surface area contributed by atoms with Gasteiger partial charge in [0.25, 0.3) is 11.8 Å². The Balaban J connectivity index is 2.18. The Labute approximate surface area is 158 Å². The van der Waals surface area contributed by atoms with Crippen molar-refractivity contribution >= 4 is 44.4 Å². The number of carbonyl (C=O) groups is 2. The number of nitrogens with zero attached hydrogens (tertiary/aromatic N) is 2. The third-order valence-corrected chi connectivity index (χ3v) is 5.93. The molecule has 2 N–H and O–H groups in total. The standard InChI is InChI=1S/C15H15IN4O4S/c1-20(2)25(23,24)11-5-6-13(16)12(8-11)15(22)19-18-14(21)10-4-3-7-17-9-10/h3-9H,1-2H3,(H,18,21)(H,19,22). The maximum absolute atomic E-state index is 12.3. The number of carbonyl (C=O) groups excluding carboxylic acids is 2. The molecule has 0 aliphatic rings. The number of halogens is 1. The largest absolute Gasteiger partial charge is 0.271 e. The summed E-state index contributed by atoms with van der Waals surface area (Å²) in [6.45, 7) is 0. The van der Waals surface area contributed by atoms with Crippen molar-refractivity contribution in [2.24, 2.45) is 0 Å². The highest BCUT2D eigenvalue weighted by Crippen LogP contribution is 2.19. The van der Waals surface area contributed by atoms with Gasteiger partial charge in [-0.1, -0.05) is 0 Å². The first-order chi connectivity index (χ1) is 11.7. The molecular formula is C15H15IN4O4S. The van der Waals surface area contributed by atoms with E-state index in [9.17, 15) is 18.0 Å². The van der Waals surface area contributed by atoms with Gasteiger partial charge in [-0.05, 0) is 52.9 Å².